The van der Waals surface area contributed by atoms with Crippen LogP contribution in [0.2, 0.25) is 0 Å². The molecule has 1 aliphatic rings. The minimum atomic E-state index is -3.14. The van der Waals surface area contributed by atoms with E-state index in [4.69, 9.17) is 5.73 Å². The summed E-state index contributed by atoms with van der Waals surface area (Å²) in [5, 5.41) is -0.504. The topological polar surface area (TPSA) is 63.4 Å². The van der Waals surface area contributed by atoms with Crippen LogP contribution in [0.4, 0.5) is 4.39 Å². The molecule has 2 rings (SSSR count). The molecule has 1 aromatic carbocycles. The Kier molecular flexibility index (Phi) is 5.06. The van der Waals surface area contributed by atoms with Gasteiger partial charge in [0.1, 0.15) is 11.2 Å². The lowest BCUT2D eigenvalue weighted by molar-refractivity contribution is 0.261. The van der Waals surface area contributed by atoms with Crippen molar-refractivity contribution in [2.75, 3.05) is 24.3 Å². The van der Waals surface area contributed by atoms with Gasteiger partial charge in [-0.1, -0.05) is 6.07 Å². The Bertz CT molecular complexity index is 578. The predicted molar refractivity (Wildman–Crippen MR) is 80.7 cm³/mol. The van der Waals surface area contributed by atoms with Crippen molar-refractivity contribution in [1.82, 2.24) is 4.90 Å². The van der Waals surface area contributed by atoms with Crippen LogP contribution < -0.4 is 5.73 Å². The molecular weight excluding hydrogens is 299 g/mol. The highest BCUT2D eigenvalue weighted by molar-refractivity contribution is 8.00. The van der Waals surface area contributed by atoms with Gasteiger partial charge in [0.15, 0.2) is 9.84 Å². The maximum Gasteiger partial charge on any atom is 0.164 e. The van der Waals surface area contributed by atoms with E-state index < -0.39 is 15.2 Å². The maximum atomic E-state index is 13.4. The van der Waals surface area contributed by atoms with Crippen molar-refractivity contribution in [2.45, 2.75) is 18.5 Å². The Balaban J connectivity index is 2.25. The summed E-state index contributed by atoms with van der Waals surface area (Å²) >= 11 is 1.64. The van der Waals surface area contributed by atoms with Crippen LogP contribution in [0.5, 0.6) is 0 Å². The van der Waals surface area contributed by atoms with Gasteiger partial charge in [0.05, 0.1) is 0 Å². The van der Waals surface area contributed by atoms with Gasteiger partial charge in [-0.05, 0) is 23.3 Å². The van der Waals surface area contributed by atoms with Crippen molar-refractivity contribution in [3.05, 3.63) is 35.1 Å². The molecule has 1 saturated heterocycles. The van der Waals surface area contributed by atoms with Crippen LogP contribution in [0.1, 0.15) is 11.1 Å². The molecule has 1 unspecified atom stereocenters. The molecule has 1 atom stereocenters. The van der Waals surface area contributed by atoms with Gasteiger partial charge >= 0.3 is 0 Å². The zero-order valence-corrected chi connectivity index (χ0v) is 13.0. The molecule has 2 N–H and O–H groups in total. The molecule has 0 bridgehead atoms. The number of sulfone groups is 1. The Hall–Kier alpha value is -0.630. The maximum absolute atomic E-state index is 13.4. The van der Waals surface area contributed by atoms with Gasteiger partial charge in [0.2, 0.25) is 0 Å². The smallest absolute Gasteiger partial charge is 0.164 e. The Morgan fingerprint density at radius 1 is 1.45 bits per heavy atom. The fraction of sp³-hybridized carbons (Fsp3) is 0.538. The van der Waals surface area contributed by atoms with Crippen LogP contribution in [0, 0.1) is 5.82 Å². The van der Waals surface area contributed by atoms with Gasteiger partial charge < -0.3 is 5.73 Å². The number of halogens is 1. The molecule has 0 spiro atoms. The molecule has 1 aliphatic heterocycles. The van der Waals surface area contributed by atoms with Crippen LogP contribution in [0.25, 0.3) is 0 Å². The van der Waals surface area contributed by atoms with Gasteiger partial charge in [0, 0.05) is 37.4 Å². The lowest BCUT2D eigenvalue weighted by atomic mass is 10.1. The third-order valence-electron chi connectivity index (χ3n) is 3.45. The zero-order valence-electron chi connectivity index (χ0n) is 11.4. The van der Waals surface area contributed by atoms with Crippen LogP contribution in [-0.2, 0) is 22.9 Å². The fourth-order valence-corrected chi connectivity index (χ4v) is 5.29. The minimum absolute atomic E-state index is 0.320. The highest BCUT2D eigenvalue weighted by Gasteiger charge is 2.31. The van der Waals surface area contributed by atoms with E-state index in [1.54, 1.807) is 17.8 Å². The van der Waals surface area contributed by atoms with E-state index in [0.29, 0.717) is 25.4 Å². The summed E-state index contributed by atoms with van der Waals surface area (Å²) in [5.41, 5.74) is 7.29. The molecule has 0 aromatic heterocycles. The van der Waals surface area contributed by atoms with Gasteiger partial charge in [-0.15, -0.1) is 0 Å². The summed E-state index contributed by atoms with van der Waals surface area (Å²) in [6.45, 7) is 1.42. The highest BCUT2D eigenvalue weighted by atomic mass is 32.2. The first kappa shape index (κ1) is 15.8. The van der Waals surface area contributed by atoms with Crippen molar-refractivity contribution >= 4 is 21.6 Å². The van der Waals surface area contributed by atoms with Crippen LogP contribution in [-0.4, -0.2) is 43.0 Å². The van der Waals surface area contributed by atoms with Crippen molar-refractivity contribution in [1.29, 1.82) is 0 Å². The van der Waals surface area contributed by atoms with Gasteiger partial charge in [-0.3, -0.25) is 4.90 Å². The van der Waals surface area contributed by atoms with E-state index in [1.807, 2.05) is 4.90 Å². The summed E-state index contributed by atoms with van der Waals surface area (Å²) < 4.78 is 37.1. The van der Waals surface area contributed by atoms with E-state index in [1.165, 1.54) is 18.4 Å². The lowest BCUT2D eigenvalue weighted by Gasteiger charge is -2.34. The molecule has 1 aromatic rings. The first-order valence-corrected chi connectivity index (χ1v) is 9.51. The van der Waals surface area contributed by atoms with E-state index in [-0.39, 0.29) is 5.82 Å². The molecule has 4 nitrogen and oxygen atoms in total. The number of hydrogen-bond acceptors (Lipinski definition) is 5. The quantitative estimate of drug-likeness (QED) is 0.904. The minimum Gasteiger partial charge on any atom is -0.326 e. The molecule has 20 heavy (non-hydrogen) atoms. The molecular formula is C13H19FN2O2S2. The number of hydrogen-bond donors (Lipinski definition) is 1. The van der Waals surface area contributed by atoms with Crippen molar-refractivity contribution in [3.63, 3.8) is 0 Å². The first-order chi connectivity index (χ1) is 9.41. The van der Waals surface area contributed by atoms with E-state index in [2.05, 4.69) is 0 Å². The average Bonchev–Trinajstić information content (AvgIpc) is 2.38. The van der Waals surface area contributed by atoms with Crippen molar-refractivity contribution in [3.8, 4) is 0 Å². The summed E-state index contributed by atoms with van der Waals surface area (Å²) in [6.07, 6.45) is 1.26. The van der Waals surface area contributed by atoms with E-state index >= 15 is 0 Å². The molecule has 1 fully saturated rings. The van der Waals surface area contributed by atoms with Crippen molar-refractivity contribution in [2.24, 2.45) is 5.73 Å². The molecule has 1 heterocycles. The van der Waals surface area contributed by atoms with Crippen LogP contribution >= 0.6 is 11.8 Å². The monoisotopic (exact) mass is 318 g/mol. The molecule has 0 saturated carbocycles. The van der Waals surface area contributed by atoms with Gasteiger partial charge in [-0.25, -0.2) is 12.8 Å². The second-order valence-electron chi connectivity index (χ2n) is 4.95. The third kappa shape index (κ3) is 3.72. The average molecular weight is 318 g/mol. The van der Waals surface area contributed by atoms with E-state index in [0.717, 1.165) is 16.9 Å². The van der Waals surface area contributed by atoms with Gasteiger partial charge in [-0.2, -0.15) is 11.8 Å². The second-order valence-corrected chi connectivity index (χ2v) is 8.30. The summed E-state index contributed by atoms with van der Waals surface area (Å²) in [6, 6.07) is 4.49. The summed E-state index contributed by atoms with van der Waals surface area (Å²) in [4.78, 5) is 1.90. The lowest BCUT2D eigenvalue weighted by Crippen LogP contribution is -2.46. The Labute approximate surface area is 123 Å². The van der Waals surface area contributed by atoms with Crippen LogP contribution in [0.3, 0.4) is 0 Å². The number of benzene rings is 1. The molecule has 0 amide bonds. The zero-order chi connectivity index (χ0) is 14.8. The Morgan fingerprint density at radius 2 is 2.20 bits per heavy atom. The van der Waals surface area contributed by atoms with E-state index in [9.17, 15) is 12.8 Å². The molecule has 112 valence electrons. The highest BCUT2D eigenvalue weighted by Crippen LogP contribution is 2.23. The second kappa shape index (κ2) is 6.43. The van der Waals surface area contributed by atoms with Crippen LogP contribution in [0.15, 0.2) is 18.2 Å². The predicted octanol–water partition coefficient (Wildman–Crippen LogP) is 1.20. The first-order valence-electron chi connectivity index (χ1n) is 6.40. The van der Waals surface area contributed by atoms with Crippen molar-refractivity contribution < 1.29 is 12.8 Å². The third-order valence-corrected chi connectivity index (χ3v) is 6.13. The Morgan fingerprint density at radius 3 is 2.85 bits per heavy atom. The SMILES string of the molecule is CS(=O)(=O)C1CSCCN1Cc1cc(F)ccc1CN. The fourth-order valence-electron chi connectivity index (χ4n) is 2.35. The normalized spacial score (nSPS) is 21.1. The molecule has 0 radical (unpaired) electrons. The molecule has 0 aliphatic carbocycles. The molecule has 7 heteroatoms. The summed E-state index contributed by atoms with van der Waals surface area (Å²) in [7, 11) is -3.14. The number of nitrogens with two attached hydrogens (primary N) is 1. The summed E-state index contributed by atoms with van der Waals surface area (Å²) in [5.74, 6) is 1.13. The number of rotatable bonds is 4. The van der Waals surface area contributed by atoms with Gasteiger partial charge in [0.25, 0.3) is 0 Å². The number of nitrogens with zero attached hydrogens (tertiary/aromatic N) is 1. The number of thioether (sulfide) groups is 1. The standard InChI is InChI=1S/C13H19FN2O2S2/c1-20(17,18)13-9-19-5-4-16(13)8-11-6-12(14)3-2-10(11)7-15/h2-3,6,13H,4-5,7-9,15H2,1H3. The largest absolute Gasteiger partial charge is 0.326 e.